The predicted molar refractivity (Wildman–Crippen MR) is 73.9 cm³/mol. The number of hydrogen-bond donors (Lipinski definition) is 1. The number of aliphatic hydroxyl groups is 1. The maximum atomic E-state index is 12.4. The smallest absolute Gasteiger partial charge is 0.255 e. The van der Waals surface area contributed by atoms with Gasteiger partial charge in [0.15, 0.2) is 0 Å². The van der Waals surface area contributed by atoms with Crippen molar-refractivity contribution in [3.8, 4) is 0 Å². The summed E-state index contributed by atoms with van der Waals surface area (Å²) in [6.45, 7) is 4.39. The van der Waals surface area contributed by atoms with Crippen LogP contribution in [-0.4, -0.2) is 35.1 Å². The van der Waals surface area contributed by atoms with Crippen LogP contribution in [-0.2, 0) is 0 Å². The highest BCUT2D eigenvalue weighted by atomic mass is 35.5. The molecule has 4 heteroatoms. The van der Waals surface area contributed by atoms with Crippen LogP contribution in [0.25, 0.3) is 0 Å². The standard InChI is InChI=1S/C14H20ClNO2/c1-3-11(4-2)16(9-10-17)14(18)12-7-5-6-8-13(12)15/h5-8,11,17H,3-4,9-10H2,1-2H3. The van der Waals surface area contributed by atoms with Crippen molar-refractivity contribution in [1.82, 2.24) is 4.90 Å². The Bertz CT molecular complexity index is 391. The summed E-state index contributed by atoms with van der Waals surface area (Å²) < 4.78 is 0. The Morgan fingerprint density at radius 3 is 2.44 bits per heavy atom. The molecule has 0 heterocycles. The average molecular weight is 270 g/mol. The monoisotopic (exact) mass is 269 g/mol. The van der Waals surface area contributed by atoms with Gasteiger partial charge in [0.2, 0.25) is 0 Å². The van der Waals surface area contributed by atoms with Gasteiger partial charge in [-0.3, -0.25) is 4.79 Å². The lowest BCUT2D eigenvalue weighted by atomic mass is 10.1. The first-order valence-corrected chi connectivity index (χ1v) is 6.69. The third kappa shape index (κ3) is 3.47. The summed E-state index contributed by atoms with van der Waals surface area (Å²) in [5.74, 6) is -0.108. The molecule has 0 radical (unpaired) electrons. The molecule has 100 valence electrons. The molecule has 0 aliphatic rings. The number of benzene rings is 1. The van der Waals surface area contributed by atoms with E-state index in [0.29, 0.717) is 17.1 Å². The fourth-order valence-electron chi connectivity index (χ4n) is 2.08. The average Bonchev–Trinajstić information content (AvgIpc) is 2.39. The minimum absolute atomic E-state index is 0.0350. The van der Waals surface area contributed by atoms with Crippen LogP contribution in [0.2, 0.25) is 5.02 Å². The molecule has 0 unspecified atom stereocenters. The zero-order valence-electron chi connectivity index (χ0n) is 10.9. The topological polar surface area (TPSA) is 40.5 Å². The van der Waals surface area contributed by atoms with E-state index in [1.807, 2.05) is 13.8 Å². The van der Waals surface area contributed by atoms with Crippen molar-refractivity contribution in [3.63, 3.8) is 0 Å². The number of hydrogen-bond acceptors (Lipinski definition) is 2. The molecule has 0 atom stereocenters. The van der Waals surface area contributed by atoms with Gasteiger partial charge < -0.3 is 10.0 Å². The van der Waals surface area contributed by atoms with E-state index < -0.39 is 0 Å². The van der Waals surface area contributed by atoms with Gasteiger partial charge in [0.25, 0.3) is 5.91 Å². The molecule has 0 bridgehead atoms. The summed E-state index contributed by atoms with van der Waals surface area (Å²) in [7, 11) is 0. The molecule has 1 aromatic rings. The van der Waals surface area contributed by atoms with E-state index in [2.05, 4.69) is 0 Å². The molecule has 0 aliphatic carbocycles. The summed E-state index contributed by atoms with van der Waals surface area (Å²) in [5.41, 5.74) is 0.500. The van der Waals surface area contributed by atoms with Crippen LogP contribution in [0, 0.1) is 0 Å². The molecule has 0 saturated heterocycles. The lowest BCUT2D eigenvalue weighted by Gasteiger charge is -2.30. The molecule has 1 aromatic carbocycles. The van der Waals surface area contributed by atoms with Crippen LogP contribution in [0.5, 0.6) is 0 Å². The fourth-order valence-corrected chi connectivity index (χ4v) is 2.29. The van der Waals surface area contributed by atoms with Gasteiger partial charge in [-0.15, -0.1) is 0 Å². The molecule has 0 aromatic heterocycles. The van der Waals surface area contributed by atoms with E-state index >= 15 is 0 Å². The second kappa shape index (κ2) is 7.39. The third-order valence-electron chi connectivity index (χ3n) is 3.09. The number of carbonyl (C=O) groups excluding carboxylic acids is 1. The summed E-state index contributed by atoms with van der Waals surface area (Å²) in [6, 6.07) is 7.16. The first kappa shape index (κ1) is 15.0. The van der Waals surface area contributed by atoms with Gasteiger partial charge in [-0.25, -0.2) is 0 Å². The van der Waals surface area contributed by atoms with Gasteiger partial charge in [0.05, 0.1) is 17.2 Å². The first-order valence-electron chi connectivity index (χ1n) is 6.32. The van der Waals surface area contributed by atoms with Gasteiger partial charge >= 0.3 is 0 Å². The van der Waals surface area contributed by atoms with E-state index in [4.69, 9.17) is 16.7 Å². The Hall–Kier alpha value is -1.06. The Labute approximate surface area is 113 Å². The zero-order chi connectivity index (χ0) is 13.5. The summed E-state index contributed by atoms with van der Waals surface area (Å²) >= 11 is 6.04. The molecule has 3 nitrogen and oxygen atoms in total. The molecular formula is C14H20ClNO2. The highest BCUT2D eigenvalue weighted by Crippen LogP contribution is 2.20. The number of halogens is 1. The van der Waals surface area contributed by atoms with Gasteiger partial charge in [0.1, 0.15) is 0 Å². The minimum atomic E-state index is -0.108. The summed E-state index contributed by atoms with van der Waals surface area (Å²) in [6.07, 6.45) is 1.74. The normalized spacial score (nSPS) is 10.7. The second-order valence-electron chi connectivity index (χ2n) is 4.17. The molecule has 1 N–H and O–H groups in total. The Kier molecular flexibility index (Phi) is 6.16. The van der Waals surface area contributed by atoms with Crippen molar-refractivity contribution in [3.05, 3.63) is 34.9 Å². The quantitative estimate of drug-likeness (QED) is 0.863. The molecule has 18 heavy (non-hydrogen) atoms. The molecule has 0 aliphatic heterocycles. The predicted octanol–water partition coefficient (Wildman–Crippen LogP) is 2.96. The highest BCUT2D eigenvalue weighted by molar-refractivity contribution is 6.33. The number of carbonyl (C=O) groups is 1. The van der Waals surface area contributed by atoms with Crippen LogP contribution >= 0.6 is 11.6 Å². The van der Waals surface area contributed by atoms with E-state index in [1.165, 1.54) is 0 Å². The van der Waals surface area contributed by atoms with E-state index in [9.17, 15) is 4.79 Å². The van der Waals surface area contributed by atoms with Crippen molar-refractivity contribution in [1.29, 1.82) is 0 Å². The van der Waals surface area contributed by atoms with Gasteiger partial charge in [-0.05, 0) is 25.0 Å². The molecule has 0 saturated carbocycles. The first-order chi connectivity index (χ1) is 8.65. The lowest BCUT2D eigenvalue weighted by Crippen LogP contribution is -2.41. The van der Waals surface area contributed by atoms with Crippen LogP contribution < -0.4 is 0 Å². The fraction of sp³-hybridized carbons (Fsp3) is 0.500. The maximum Gasteiger partial charge on any atom is 0.255 e. The third-order valence-corrected chi connectivity index (χ3v) is 3.42. The molecular weight excluding hydrogens is 250 g/mol. The second-order valence-corrected chi connectivity index (χ2v) is 4.58. The van der Waals surface area contributed by atoms with E-state index in [0.717, 1.165) is 12.8 Å². The Morgan fingerprint density at radius 1 is 1.33 bits per heavy atom. The Balaban J connectivity index is 2.99. The van der Waals surface area contributed by atoms with Gasteiger partial charge in [0, 0.05) is 12.6 Å². The highest BCUT2D eigenvalue weighted by Gasteiger charge is 2.23. The van der Waals surface area contributed by atoms with Crippen LogP contribution in [0.1, 0.15) is 37.0 Å². The Morgan fingerprint density at radius 2 is 1.94 bits per heavy atom. The van der Waals surface area contributed by atoms with Crippen molar-refractivity contribution in [2.75, 3.05) is 13.2 Å². The summed E-state index contributed by atoms with van der Waals surface area (Å²) in [4.78, 5) is 14.2. The maximum absolute atomic E-state index is 12.4. The van der Waals surface area contributed by atoms with Crippen LogP contribution in [0.4, 0.5) is 0 Å². The molecule has 1 rings (SSSR count). The number of nitrogens with zero attached hydrogens (tertiary/aromatic N) is 1. The molecule has 0 fully saturated rings. The van der Waals surface area contributed by atoms with Crippen LogP contribution in [0.15, 0.2) is 24.3 Å². The lowest BCUT2D eigenvalue weighted by molar-refractivity contribution is 0.0622. The van der Waals surface area contributed by atoms with Gasteiger partial charge in [-0.1, -0.05) is 37.6 Å². The number of amides is 1. The van der Waals surface area contributed by atoms with Gasteiger partial charge in [-0.2, -0.15) is 0 Å². The number of aliphatic hydroxyl groups excluding tert-OH is 1. The van der Waals surface area contributed by atoms with E-state index in [1.54, 1.807) is 29.2 Å². The largest absolute Gasteiger partial charge is 0.395 e. The van der Waals surface area contributed by atoms with Crippen molar-refractivity contribution < 1.29 is 9.90 Å². The number of rotatable bonds is 6. The van der Waals surface area contributed by atoms with Crippen LogP contribution in [0.3, 0.4) is 0 Å². The molecule has 0 spiro atoms. The van der Waals surface area contributed by atoms with E-state index in [-0.39, 0.29) is 18.6 Å². The minimum Gasteiger partial charge on any atom is -0.395 e. The molecule has 1 amide bonds. The van der Waals surface area contributed by atoms with Crippen molar-refractivity contribution >= 4 is 17.5 Å². The zero-order valence-corrected chi connectivity index (χ0v) is 11.7. The summed E-state index contributed by atoms with van der Waals surface area (Å²) in [5, 5.41) is 9.57. The van der Waals surface area contributed by atoms with Crippen molar-refractivity contribution in [2.24, 2.45) is 0 Å². The van der Waals surface area contributed by atoms with Crippen molar-refractivity contribution in [2.45, 2.75) is 32.7 Å². The SMILES string of the molecule is CCC(CC)N(CCO)C(=O)c1ccccc1Cl.